The van der Waals surface area contributed by atoms with Gasteiger partial charge in [0.15, 0.2) is 0 Å². The first-order chi connectivity index (χ1) is 36.9. The minimum absolute atomic E-state index is 0.0384. The number of nitrogens with zero attached hydrogens (tertiary/aromatic N) is 1. The van der Waals surface area contributed by atoms with E-state index in [-0.39, 0.29) is 31.5 Å². The molecule has 0 saturated carbocycles. The summed E-state index contributed by atoms with van der Waals surface area (Å²) in [5.41, 5.74) is 0. The first-order valence-electron chi connectivity index (χ1n) is 32.1. The number of phosphoric ester groups is 1. The Hall–Kier alpha value is -2.29. The molecule has 0 aromatic carbocycles. The van der Waals surface area contributed by atoms with Crippen LogP contribution < -0.4 is 5.32 Å². The summed E-state index contributed by atoms with van der Waals surface area (Å²) in [6, 6.07) is -0.851. The molecular weight excluding hydrogens is 964 g/mol. The second-order valence-electron chi connectivity index (χ2n) is 22.9. The number of ether oxygens (including phenoxy) is 1. The minimum atomic E-state index is -4.45. The number of carbonyl (C=O) groups excluding carboxylic acids is 2. The van der Waals surface area contributed by atoms with Gasteiger partial charge in [0.1, 0.15) is 19.3 Å². The lowest BCUT2D eigenvalue weighted by Crippen LogP contribution is -2.47. The molecule has 0 radical (unpaired) electrons. The van der Waals surface area contributed by atoms with E-state index >= 15 is 0 Å². The van der Waals surface area contributed by atoms with Gasteiger partial charge in [-0.1, -0.05) is 268 Å². The number of hydrogen-bond acceptors (Lipinski definition) is 6. The highest BCUT2D eigenvalue weighted by molar-refractivity contribution is 7.47. The third-order valence-corrected chi connectivity index (χ3v) is 15.2. The van der Waals surface area contributed by atoms with E-state index in [1.165, 1.54) is 173 Å². The van der Waals surface area contributed by atoms with E-state index in [1.54, 1.807) is 0 Å². The minimum Gasteiger partial charge on any atom is -0.456 e. The van der Waals surface area contributed by atoms with Crippen LogP contribution in [-0.2, 0) is 27.9 Å². The van der Waals surface area contributed by atoms with E-state index in [0.717, 1.165) is 89.9 Å². The third kappa shape index (κ3) is 56.4. The summed E-state index contributed by atoms with van der Waals surface area (Å²) in [4.78, 5) is 37.7. The van der Waals surface area contributed by atoms with Crippen LogP contribution >= 0.6 is 7.82 Å². The predicted octanol–water partition coefficient (Wildman–Crippen LogP) is 19.8. The molecule has 3 atom stereocenters. The number of rotatable bonds is 58. The van der Waals surface area contributed by atoms with Gasteiger partial charge in [-0.15, -0.1) is 0 Å². The number of esters is 1. The summed E-state index contributed by atoms with van der Waals surface area (Å²) in [6.07, 6.45) is 70.7. The van der Waals surface area contributed by atoms with E-state index in [9.17, 15) is 19.0 Å². The molecule has 1 amide bonds. The van der Waals surface area contributed by atoms with Crippen LogP contribution in [0.2, 0.25) is 0 Å². The highest BCUT2D eigenvalue weighted by Crippen LogP contribution is 2.43. The molecule has 0 aliphatic carbocycles. The molecule has 3 unspecified atom stereocenters. The van der Waals surface area contributed by atoms with Crippen LogP contribution in [0.25, 0.3) is 0 Å². The van der Waals surface area contributed by atoms with Crippen molar-refractivity contribution in [2.75, 3.05) is 40.9 Å². The van der Waals surface area contributed by atoms with Crippen LogP contribution in [0.15, 0.2) is 60.8 Å². The number of quaternary nitrogens is 1. The van der Waals surface area contributed by atoms with E-state index in [1.807, 2.05) is 33.3 Å². The topological polar surface area (TPSA) is 111 Å². The van der Waals surface area contributed by atoms with Crippen molar-refractivity contribution in [1.29, 1.82) is 0 Å². The van der Waals surface area contributed by atoms with Crippen molar-refractivity contribution in [3.8, 4) is 0 Å². The summed E-state index contributed by atoms with van der Waals surface area (Å²) < 4.78 is 30.7. The smallest absolute Gasteiger partial charge is 0.456 e. The molecule has 0 aliphatic heterocycles. The van der Waals surface area contributed by atoms with Crippen molar-refractivity contribution in [1.82, 2.24) is 5.32 Å². The molecule has 2 N–H and O–H groups in total. The number of carbonyl (C=O) groups is 2. The van der Waals surface area contributed by atoms with Crippen molar-refractivity contribution in [3.63, 3.8) is 0 Å². The number of nitrogens with one attached hydrogen (secondary N) is 1. The van der Waals surface area contributed by atoms with Crippen molar-refractivity contribution in [2.45, 2.75) is 309 Å². The van der Waals surface area contributed by atoms with Crippen molar-refractivity contribution in [2.24, 2.45) is 0 Å². The number of unbranched alkanes of at least 4 members (excludes halogenated alkanes) is 34. The van der Waals surface area contributed by atoms with Crippen molar-refractivity contribution >= 4 is 19.7 Å². The number of likely N-dealkylation sites (N-methyl/N-ethyl adjacent to an activating group) is 1. The van der Waals surface area contributed by atoms with Crippen LogP contribution in [0.4, 0.5) is 0 Å². The monoisotopic (exact) mass is 1090 g/mol. The van der Waals surface area contributed by atoms with Crippen LogP contribution in [0, 0.1) is 0 Å². The van der Waals surface area contributed by atoms with Gasteiger partial charge in [0.25, 0.3) is 0 Å². The quantitative estimate of drug-likeness (QED) is 0.0205. The molecular formula is C66H124N2O7P+. The summed E-state index contributed by atoms with van der Waals surface area (Å²) in [5.74, 6) is -0.509. The average molecular weight is 1090 g/mol. The van der Waals surface area contributed by atoms with Crippen LogP contribution in [0.1, 0.15) is 297 Å². The zero-order chi connectivity index (χ0) is 55.7. The third-order valence-electron chi connectivity index (χ3n) is 14.2. The first-order valence-corrected chi connectivity index (χ1v) is 33.6. The summed E-state index contributed by atoms with van der Waals surface area (Å²) in [5, 5.41) is 3.06. The largest absolute Gasteiger partial charge is 0.472 e. The van der Waals surface area contributed by atoms with Gasteiger partial charge in [-0.2, -0.15) is 0 Å². The van der Waals surface area contributed by atoms with Crippen molar-refractivity contribution < 1.29 is 37.3 Å². The van der Waals surface area contributed by atoms with Gasteiger partial charge in [-0.05, 0) is 76.7 Å². The molecule has 0 aromatic heterocycles. The van der Waals surface area contributed by atoms with Gasteiger partial charge in [-0.25, -0.2) is 4.57 Å². The molecule has 9 nitrogen and oxygen atoms in total. The Bertz CT molecular complexity index is 1490. The molecule has 10 heteroatoms. The first kappa shape index (κ1) is 73.7. The molecule has 0 spiro atoms. The average Bonchev–Trinajstić information content (AvgIpc) is 3.38. The lowest BCUT2D eigenvalue weighted by Gasteiger charge is -2.27. The maximum Gasteiger partial charge on any atom is 0.472 e. The van der Waals surface area contributed by atoms with Gasteiger partial charge >= 0.3 is 13.8 Å². The molecule has 0 bridgehead atoms. The molecule has 0 heterocycles. The SMILES string of the molecule is CCCCC/C=C\C/C=C\C/C=C\C/C=C\CCCCCCCCCC(=O)OC(/C=C/CCCCCCCCCCC)C(COP(=O)(O)OCC[N+](C)(C)C)NC(=O)CCCCCCCCCCCCCCCCCC. The molecule has 0 rings (SSSR count). The van der Waals surface area contributed by atoms with Gasteiger partial charge in [0, 0.05) is 12.8 Å². The standard InChI is InChI=1S/C66H123N2O7P/c1-7-10-13-16-19-22-25-27-29-31-32-33-34-35-36-37-39-41-44-47-50-53-56-59-66(70)75-64(57-54-51-48-45-42-24-21-18-15-12-9-3)63(62-74-76(71,72)73-61-60-68(4,5)6)67-65(69)58-55-52-49-46-43-40-38-30-28-26-23-20-17-14-11-8-2/h19,22,27,29,32-33,35-36,54,57,63-64H,7-18,20-21,23-26,28,30-31,34,37-53,55-56,58-62H2,1-6H3,(H-,67,69,71,72)/p+1/b22-19-,29-27-,33-32-,36-35-,57-54+. The summed E-state index contributed by atoms with van der Waals surface area (Å²) >= 11 is 0. The summed E-state index contributed by atoms with van der Waals surface area (Å²) in [7, 11) is 1.49. The van der Waals surface area contributed by atoms with Gasteiger partial charge < -0.3 is 19.4 Å². The molecule has 0 saturated heterocycles. The van der Waals surface area contributed by atoms with Gasteiger partial charge in [0.2, 0.25) is 5.91 Å². The van der Waals surface area contributed by atoms with Crippen LogP contribution in [-0.4, -0.2) is 74.3 Å². The fraction of sp³-hybridized carbons (Fsp3) is 0.818. The van der Waals surface area contributed by atoms with E-state index in [4.69, 9.17) is 13.8 Å². The second kappa shape index (κ2) is 56.0. The van der Waals surface area contributed by atoms with Gasteiger partial charge in [-0.3, -0.25) is 18.6 Å². The molecule has 0 aliphatic rings. The Morgan fingerprint density at radius 1 is 0.461 bits per heavy atom. The van der Waals surface area contributed by atoms with Gasteiger partial charge in [0.05, 0.1) is 33.8 Å². The lowest BCUT2D eigenvalue weighted by atomic mass is 10.0. The van der Waals surface area contributed by atoms with Crippen molar-refractivity contribution in [3.05, 3.63) is 60.8 Å². The Balaban J connectivity index is 5.17. The second-order valence-corrected chi connectivity index (χ2v) is 24.4. The number of allylic oxidation sites excluding steroid dienone is 9. The Morgan fingerprint density at radius 2 is 0.803 bits per heavy atom. The van der Waals surface area contributed by atoms with E-state index < -0.39 is 20.0 Å². The fourth-order valence-electron chi connectivity index (χ4n) is 9.22. The maximum absolute atomic E-state index is 13.5. The molecule has 76 heavy (non-hydrogen) atoms. The number of phosphoric acid groups is 1. The Morgan fingerprint density at radius 3 is 1.22 bits per heavy atom. The number of hydrogen-bond donors (Lipinski definition) is 2. The molecule has 0 fully saturated rings. The zero-order valence-corrected chi connectivity index (χ0v) is 51.6. The van der Waals surface area contributed by atoms with E-state index in [0.29, 0.717) is 17.4 Å². The maximum atomic E-state index is 13.5. The Kier molecular flexibility index (Phi) is 54.3. The summed E-state index contributed by atoms with van der Waals surface area (Å²) in [6.45, 7) is 7.00. The number of amides is 1. The zero-order valence-electron chi connectivity index (χ0n) is 50.7. The van der Waals surface area contributed by atoms with Crippen LogP contribution in [0.3, 0.4) is 0 Å². The normalized spacial score (nSPS) is 14.0. The van der Waals surface area contributed by atoms with Crippen LogP contribution in [0.5, 0.6) is 0 Å². The fourth-order valence-corrected chi connectivity index (χ4v) is 9.95. The van der Waals surface area contributed by atoms with E-state index in [2.05, 4.69) is 74.7 Å². The predicted molar refractivity (Wildman–Crippen MR) is 328 cm³/mol. The molecule has 444 valence electrons. The lowest BCUT2D eigenvalue weighted by molar-refractivity contribution is -0.870. The molecule has 0 aromatic rings. The Labute approximate surface area is 471 Å². The highest BCUT2D eigenvalue weighted by atomic mass is 31.2. The highest BCUT2D eigenvalue weighted by Gasteiger charge is 2.30.